The molecule has 5 heteroatoms. The topological polar surface area (TPSA) is 58.1 Å². The van der Waals surface area contributed by atoms with Crippen LogP contribution < -0.4 is 10.2 Å². The van der Waals surface area contributed by atoms with E-state index in [0.717, 1.165) is 18.9 Å². The minimum absolute atomic E-state index is 0.189. The van der Waals surface area contributed by atoms with Gasteiger partial charge in [0.2, 0.25) is 0 Å². The molecule has 2 fully saturated rings. The largest absolute Gasteiger partial charge is 0.355 e. The van der Waals surface area contributed by atoms with Crippen LogP contribution >= 0.6 is 0 Å². The number of amides is 1. The third-order valence-corrected chi connectivity index (χ3v) is 4.05. The van der Waals surface area contributed by atoms with E-state index in [0.29, 0.717) is 11.1 Å². The van der Waals surface area contributed by atoms with Gasteiger partial charge in [0.05, 0.1) is 0 Å². The van der Waals surface area contributed by atoms with Crippen LogP contribution in [-0.2, 0) is 0 Å². The van der Waals surface area contributed by atoms with Crippen LogP contribution in [0.3, 0.4) is 0 Å². The quantitative estimate of drug-likeness (QED) is 0.852. The summed E-state index contributed by atoms with van der Waals surface area (Å²) in [6.45, 7) is 2.15. The predicted octanol–water partition coefficient (Wildman–Crippen LogP) is 1.22. The number of carbonyl (C=O) groups is 1. The van der Waals surface area contributed by atoms with Crippen LogP contribution in [0, 0.1) is 5.41 Å². The van der Waals surface area contributed by atoms with E-state index < -0.39 is 0 Å². The second-order valence-electron chi connectivity index (χ2n) is 5.38. The number of carbonyl (C=O) groups excluding carboxylic acids is 1. The predicted molar refractivity (Wildman–Crippen MR) is 68.5 cm³/mol. The molecule has 1 amide bonds. The van der Waals surface area contributed by atoms with E-state index in [2.05, 4.69) is 20.4 Å². The van der Waals surface area contributed by atoms with Crippen LogP contribution in [0.25, 0.3) is 0 Å². The monoisotopic (exact) mass is 246 g/mol. The van der Waals surface area contributed by atoms with E-state index >= 15 is 0 Å². The first kappa shape index (κ1) is 11.4. The molecule has 0 bridgehead atoms. The molecular weight excluding hydrogens is 228 g/mol. The van der Waals surface area contributed by atoms with Crippen LogP contribution in [0.15, 0.2) is 12.1 Å². The Morgan fingerprint density at radius 3 is 2.78 bits per heavy atom. The summed E-state index contributed by atoms with van der Waals surface area (Å²) in [5, 5.41) is 10.7. The molecule has 2 heterocycles. The van der Waals surface area contributed by atoms with Crippen molar-refractivity contribution in [2.45, 2.75) is 25.7 Å². The standard InChI is InChI=1S/C13H18N4O/c1-14-12(18)10-3-4-11(16-15-10)17-8-2-5-13(9-17)6-7-13/h3-4H,2,5-9H2,1H3,(H,14,18). The van der Waals surface area contributed by atoms with Gasteiger partial charge in [-0.1, -0.05) is 0 Å². The van der Waals surface area contributed by atoms with Crippen molar-refractivity contribution in [1.82, 2.24) is 15.5 Å². The van der Waals surface area contributed by atoms with Gasteiger partial charge in [-0.05, 0) is 43.2 Å². The fraction of sp³-hybridized carbons (Fsp3) is 0.615. The Morgan fingerprint density at radius 1 is 1.33 bits per heavy atom. The fourth-order valence-corrected chi connectivity index (χ4v) is 2.73. The zero-order chi connectivity index (χ0) is 12.6. The summed E-state index contributed by atoms with van der Waals surface area (Å²) in [7, 11) is 1.60. The average Bonchev–Trinajstić information content (AvgIpc) is 3.17. The SMILES string of the molecule is CNC(=O)c1ccc(N2CCCC3(CC3)C2)nn1. The Labute approximate surface area is 107 Å². The van der Waals surface area contributed by atoms with Crippen molar-refractivity contribution >= 4 is 11.7 Å². The Morgan fingerprint density at radius 2 is 2.17 bits per heavy atom. The van der Waals surface area contributed by atoms with Crippen LogP contribution in [0.2, 0.25) is 0 Å². The molecule has 0 unspecified atom stereocenters. The second-order valence-corrected chi connectivity index (χ2v) is 5.38. The molecule has 1 N–H and O–H groups in total. The molecule has 1 spiro atoms. The smallest absolute Gasteiger partial charge is 0.271 e. The molecule has 3 rings (SSSR count). The second kappa shape index (κ2) is 4.23. The maximum atomic E-state index is 11.4. The molecule has 1 aromatic heterocycles. The molecule has 0 aromatic carbocycles. The Balaban J connectivity index is 1.74. The van der Waals surface area contributed by atoms with Crippen LogP contribution in [0.4, 0.5) is 5.82 Å². The van der Waals surface area contributed by atoms with Gasteiger partial charge < -0.3 is 10.2 Å². The number of hydrogen-bond donors (Lipinski definition) is 1. The molecule has 96 valence electrons. The highest BCUT2D eigenvalue weighted by atomic mass is 16.1. The minimum atomic E-state index is -0.189. The number of piperidine rings is 1. The summed E-state index contributed by atoms with van der Waals surface area (Å²) >= 11 is 0. The lowest BCUT2D eigenvalue weighted by molar-refractivity contribution is 0.0957. The Kier molecular flexibility index (Phi) is 2.69. The highest BCUT2D eigenvalue weighted by Crippen LogP contribution is 2.52. The van der Waals surface area contributed by atoms with Crippen molar-refractivity contribution < 1.29 is 4.79 Å². The van der Waals surface area contributed by atoms with Gasteiger partial charge in [-0.3, -0.25) is 4.79 Å². The Hall–Kier alpha value is -1.65. The lowest BCUT2D eigenvalue weighted by Crippen LogP contribution is -2.37. The fourth-order valence-electron chi connectivity index (χ4n) is 2.73. The van der Waals surface area contributed by atoms with Crippen molar-refractivity contribution in [3.05, 3.63) is 17.8 Å². The maximum Gasteiger partial charge on any atom is 0.271 e. The highest BCUT2D eigenvalue weighted by Gasteiger charge is 2.45. The molecule has 0 atom stereocenters. The third kappa shape index (κ3) is 2.05. The molecule has 1 aliphatic carbocycles. The van der Waals surface area contributed by atoms with Crippen molar-refractivity contribution in [2.24, 2.45) is 5.41 Å². The van der Waals surface area contributed by atoms with Crippen LogP contribution in [-0.4, -0.2) is 36.2 Å². The molecule has 1 aromatic rings. The van der Waals surface area contributed by atoms with E-state index in [4.69, 9.17) is 0 Å². The number of anilines is 1. The number of nitrogens with one attached hydrogen (secondary N) is 1. The van der Waals surface area contributed by atoms with E-state index in [9.17, 15) is 4.79 Å². The molecule has 5 nitrogen and oxygen atoms in total. The summed E-state index contributed by atoms with van der Waals surface area (Å²) in [5.41, 5.74) is 0.943. The minimum Gasteiger partial charge on any atom is -0.355 e. The lowest BCUT2D eigenvalue weighted by atomic mass is 9.95. The molecule has 0 radical (unpaired) electrons. The number of aromatic nitrogens is 2. The summed E-state index contributed by atoms with van der Waals surface area (Å²) in [6.07, 6.45) is 5.30. The number of rotatable bonds is 2. The summed E-state index contributed by atoms with van der Waals surface area (Å²) in [6, 6.07) is 3.65. The summed E-state index contributed by atoms with van der Waals surface area (Å²) in [5.74, 6) is 0.708. The molecular formula is C13H18N4O. The van der Waals surface area contributed by atoms with Gasteiger partial charge in [0.15, 0.2) is 11.5 Å². The van der Waals surface area contributed by atoms with E-state index in [1.807, 2.05) is 6.07 Å². The first-order valence-electron chi connectivity index (χ1n) is 6.53. The number of nitrogens with zero attached hydrogens (tertiary/aromatic N) is 3. The molecule has 1 aliphatic heterocycles. The molecule has 2 aliphatic rings. The average molecular weight is 246 g/mol. The zero-order valence-corrected chi connectivity index (χ0v) is 10.6. The molecule has 18 heavy (non-hydrogen) atoms. The van der Waals surface area contributed by atoms with E-state index in [1.54, 1.807) is 13.1 Å². The Bertz CT molecular complexity index is 453. The van der Waals surface area contributed by atoms with Crippen LogP contribution in [0.1, 0.15) is 36.2 Å². The van der Waals surface area contributed by atoms with Crippen molar-refractivity contribution in [3.63, 3.8) is 0 Å². The summed E-state index contributed by atoms with van der Waals surface area (Å²) in [4.78, 5) is 13.7. The van der Waals surface area contributed by atoms with Gasteiger partial charge in [0.1, 0.15) is 0 Å². The van der Waals surface area contributed by atoms with Crippen LogP contribution in [0.5, 0.6) is 0 Å². The van der Waals surface area contributed by atoms with Crippen molar-refractivity contribution in [1.29, 1.82) is 0 Å². The normalized spacial score (nSPS) is 20.8. The van der Waals surface area contributed by atoms with Gasteiger partial charge in [0.25, 0.3) is 5.91 Å². The molecule has 1 saturated carbocycles. The first-order valence-corrected chi connectivity index (χ1v) is 6.53. The zero-order valence-electron chi connectivity index (χ0n) is 10.6. The van der Waals surface area contributed by atoms with E-state index in [1.165, 1.54) is 25.7 Å². The van der Waals surface area contributed by atoms with E-state index in [-0.39, 0.29) is 5.91 Å². The third-order valence-electron chi connectivity index (χ3n) is 4.05. The highest BCUT2D eigenvalue weighted by molar-refractivity contribution is 5.91. The number of hydrogen-bond acceptors (Lipinski definition) is 4. The first-order chi connectivity index (χ1) is 8.72. The van der Waals surface area contributed by atoms with Crippen molar-refractivity contribution in [2.75, 3.05) is 25.0 Å². The molecule has 1 saturated heterocycles. The summed E-state index contributed by atoms with van der Waals surface area (Å²) < 4.78 is 0. The maximum absolute atomic E-state index is 11.4. The van der Waals surface area contributed by atoms with Gasteiger partial charge in [0, 0.05) is 20.1 Å². The van der Waals surface area contributed by atoms with Gasteiger partial charge in [-0.2, -0.15) is 0 Å². The van der Waals surface area contributed by atoms with Gasteiger partial charge >= 0.3 is 0 Å². The lowest BCUT2D eigenvalue weighted by Gasteiger charge is -2.33. The van der Waals surface area contributed by atoms with Crippen molar-refractivity contribution in [3.8, 4) is 0 Å². The van der Waals surface area contributed by atoms with Gasteiger partial charge in [-0.15, -0.1) is 10.2 Å². The van der Waals surface area contributed by atoms with Gasteiger partial charge in [-0.25, -0.2) is 0 Å².